The lowest BCUT2D eigenvalue weighted by molar-refractivity contribution is 0.343. The van der Waals surface area contributed by atoms with E-state index in [0.29, 0.717) is 5.69 Å². The first-order chi connectivity index (χ1) is 9.94. The SMILES string of the molecule is COC1=NC(NS(=O)(=O)c2ccc(N)cc2)N=C(OC)N1. The van der Waals surface area contributed by atoms with Crippen LogP contribution in [0, 0.1) is 0 Å². The normalized spacial score (nSPS) is 15.7. The molecule has 1 aliphatic heterocycles. The summed E-state index contributed by atoms with van der Waals surface area (Å²) in [7, 11) is -1.03. The number of anilines is 1. The van der Waals surface area contributed by atoms with Gasteiger partial charge in [-0.2, -0.15) is 14.7 Å². The molecule has 0 saturated carbocycles. The fourth-order valence-corrected chi connectivity index (χ4v) is 2.53. The Morgan fingerprint density at radius 3 is 2.14 bits per heavy atom. The number of nitrogens with zero attached hydrogens (tertiary/aromatic N) is 2. The summed E-state index contributed by atoms with van der Waals surface area (Å²) < 4.78 is 36.6. The second kappa shape index (κ2) is 5.97. The van der Waals surface area contributed by atoms with Gasteiger partial charge in [-0.15, -0.1) is 0 Å². The van der Waals surface area contributed by atoms with Crippen LogP contribution >= 0.6 is 0 Å². The first kappa shape index (κ1) is 15.1. The van der Waals surface area contributed by atoms with Gasteiger partial charge in [0.15, 0.2) is 0 Å². The first-order valence-electron chi connectivity index (χ1n) is 5.83. The summed E-state index contributed by atoms with van der Waals surface area (Å²) >= 11 is 0. The molecule has 10 heteroatoms. The number of aliphatic imine (C=N–C) groups is 2. The highest BCUT2D eigenvalue weighted by atomic mass is 32.2. The van der Waals surface area contributed by atoms with E-state index in [1.54, 1.807) is 0 Å². The van der Waals surface area contributed by atoms with Gasteiger partial charge in [-0.05, 0) is 24.3 Å². The molecule has 0 atom stereocenters. The quantitative estimate of drug-likeness (QED) is 0.642. The Morgan fingerprint density at radius 2 is 1.67 bits per heavy atom. The molecule has 1 aromatic rings. The number of hydrogen-bond acceptors (Lipinski definition) is 8. The average molecular weight is 313 g/mol. The van der Waals surface area contributed by atoms with Crippen molar-refractivity contribution in [1.29, 1.82) is 0 Å². The highest BCUT2D eigenvalue weighted by molar-refractivity contribution is 7.89. The van der Waals surface area contributed by atoms with Crippen LogP contribution in [0.5, 0.6) is 0 Å². The molecule has 0 bridgehead atoms. The number of nitrogens with two attached hydrogens (primary N) is 1. The Kier molecular flexibility index (Phi) is 4.29. The van der Waals surface area contributed by atoms with E-state index in [2.05, 4.69) is 20.0 Å². The fraction of sp³-hybridized carbons (Fsp3) is 0.273. The van der Waals surface area contributed by atoms with E-state index in [4.69, 9.17) is 15.2 Å². The maximum absolute atomic E-state index is 12.2. The third-order valence-electron chi connectivity index (χ3n) is 2.53. The molecule has 114 valence electrons. The van der Waals surface area contributed by atoms with Crippen molar-refractivity contribution in [3.63, 3.8) is 0 Å². The molecular formula is C11H15N5O4S. The van der Waals surface area contributed by atoms with Crippen LogP contribution in [0.2, 0.25) is 0 Å². The number of nitrogens with one attached hydrogen (secondary N) is 2. The van der Waals surface area contributed by atoms with Crippen LogP contribution in [-0.4, -0.2) is 41.0 Å². The third kappa shape index (κ3) is 3.61. The van der Waals surface area contributed by atoms with Crippen LogP contribution in [-0.2, 0) is 19.5 Å². The zero-order chi connectivity index (χ0) is 15.5. The molecule has 0 aliphatic carbocycles. The van der Waals surface area contributed by atoms with Gasteiger partial charge in [-0.1, -0.05) is 0 Å². The summed E-state index contributed by atoms with van der Waals surface area (Å²) in [5.41, 5.74) is 5.99. The van der Waals surface area contributed by atoms with Gasteiger partial charge in [0.2, 0.25) is 16.3 Å². The van der Waals surface area contributed by atoms with Gasteiger partial charge in [-0.25, -0.2) is 8.42 Å². The minimum atomic E-state index is -3.80. The summed E-state index contributed by atoms with van der Waals surface area (Å²) in [6.07, 6.45) is -1.08. The second-order valence-electron chi connectivity index (χ2n) is 3.97. The molecule has 1 aliphatic rings. The fourth-order valence-electron chi connectivity index (χ4n) is 1.52. The minimum Gasteiger partial charge on any atom is -0.468 e. The van der Waals surface area contributed by atoms with Crippen LogP contribution < -0.4 is 15.8 Å². The van der Waals surface area contributed by atoms with E-state index in [0.717, 1.165) is 0 Å². The predicted molar refractivity (Wildman–Crippen MR) is 77.0 cm³/mol. The van der Waals surface area contributed by atoms with Crippen LogP contribution in [0.1, 0.15) is 0 Å². The summed E-state index contributed by atoms with van der Waals surface area (Å²) in [6, 6.07) is 5.94. The van der Waals surface area contributed by atoms with Crippen molar-refractivity contribution in [2.75, 3.05) is 20.0 Å². The molecule has 0 aromatic heterocycles. The number of amidine groups is 2. The van der Waals surface area contributed by atoms with Gasteiger partial charge in [0.25, 0.3) is 12.0 Å². The summed E-state index contributed by atoms with van der Waals surface area (Å²) in [5.74, 6) is 0. The molecule has 0 amide bonds. The first-order valence-corrected chi connectivity index (χ1v) is 7.31. The number of benzene rings is 1. The van der Waals surface area contributed by atoms with Gasteiger partial charge in [-0.3, -0.25) is 5.32 Å². The molecule has 0 saturated heterocycles. The average Bonchev–Trinajstić information content (AvgIpc) is 2.46. The van der Waals surface area contributed by atoms with Gasteiger partial charge in [0.1, 0.15) is 0 Å². The smallest absolute Gasteiger partial charge is 0.295 e. The van der Waals surface area contributed by atoms with Crippen molar-refractivity contribution in [2.24, 2.45) is 9.98 Å². The summed E-state index contributed by atoms with van der Waals surface area (Å²) in [6.45, 7) is 0. The Labute approximate surface area is 121 Å². The van der Waals surface area contributed by atoms with Crippen LogP contribution in [0.3, 0.4) is 0 Å². The number of sulfonamides is 1. The lowest BCUT2D eigenvalue weighted by Gasteiger charge is -2.19. The van der Waals surface area contributed by atoms with Gasteiger partial charge >= 0.3 is 0 Å². The molecule has 1 heterocycles. The molecule has 0 spiro atoms. The van der Waals surface area contributed by atoms with E-state index in [1.165, 1.54) is 38.5 Å². The molecule has 0 fully saturated rings. The molecule has 0 unspecified atom stereocenters. The Bertz CT molecular complexity index is 648. The topological polar surface area (TPSA) is 127 Å². The lowest BCUT2D eigenvalue weighted by Crippen LogP contribution is -2.43. The lowest BCUT2D eigenvalue weighted by atomic mass is 10.3. The molecular weight excluding hydrogens is 298 g/mol. The van der Waals surface area contributed by atoms with Crippen molar-refractivity contribution >= 4 is 27.8 Å². The highest BCUT2D eigenvalue weighted by Crippen LogP contribution is 2.13. The summed E-state index contributed by atoms with van der Waals surface area (Å²) in [4.78, 5) is 7.91. The number of nitrogen functional groups attached to an aromatic ring is 1. The van der Waals surface area contributed by atoms with E-state index in [-0.39, 0.29) is 16.9 Å². The predicted octanol–water partition coefficient (Wildman–Crippen LogP) is -0.561. The molecule has 1 aromatic carbocycles. The van der Waals surface area contributed by atoms with Crippen LogP contribution in [0.15, 0.2) is 39.1 Å². The zero-order valence-electron chi connectivity index (χ0n) is 11.4. The number of methoxy groups -OCH3 is 2. The summed E-state index contributed by atoms with van der Waals surface area (Å²) in [5, 5.41) is 2.62. The van der Waals surface area contributed by atoms with Crippen LogP contribution in [0.4, 0.5) is 5.69 Å². The molecule has 0 radical (unpaired) electrons. The highest BCUT2D eigenvalue weighted by Gasteiger charge is 2.24. The number of ether oxygens (including phenoxy) is 2. The van der Waals surface area contributed by atoms with E-state index < -0.39 is 16.3 Å². The van der Waals surface area contributed by atoms with Gasteiger partial charge in [0, 0.05) is 5.69 Å². The van der Waals surface area contributed by atoms with Gasteiger partial charge < -0.3 is 15.2 Å². The Balaban J connectivity index is 2.23. The molecule has 4 N–H and O–H groups in total. The van der Waals surface area contributed by atoms with Crippen molar-refractivity contribution in [3.05, 3.63) is 24.3 Å². The second-order valence-corrected chi connectivity index (χ2v) is 5.68. The van der Waals surface area contributed by atoms with E-state index in [1.807, 2.05) is 0 Å². The maximum Gasteiger partial charge on any atom is 0.295 e. The monoisotopic (exact) mass is 313 g/mol. The van der Waals surface area contributed by atoms with Gasteiger partial charge in [0.05, 0.1) is 19.1 Å². The number of hydrogen-bond donors (Lipinski definition) is 3. The number of rotatable bonds is 3. The van der Waals surface area contributed by atoms with Crippen molar-refractivity contribution in [2.45, 2.75) is 11.2 Å². The standard InChI is InChI=1S/C11H15N5O4S/c1-19-10-13-9(14-11(15-10)20-2)16-21(17,18)8-5-3-7(12)4-6-8/h3-6,9,16H,12H2,1-2H3,(H,13,14,15). The minimum absolute atomic E-state index is 0.0542. The Hall–Kier alpha value is -2.33. The van der Waals surface area contributed by atoms with Crippen molar-refractivity contribution < 1.29 is 17.9 Å². The van der Waals surface area contributed by atoms with Crippen molar-refractivity contribution in [1.82, 2.24) is 10.0 Å². The van der Waals surface area contributed by atoms with Crippen LogP contribution in [0.25, 0.3) is 0 Å². The maximum atomic E-state index is 12.2. The molecule has 9 nitrogen and oxygen atoms in total. The Morgan fingerprint density at radius 1 is 1.14 bits per heavy atom. The third-order valence-corrected chi connectivity index (χ3v) is 3.94. The zero-order valence-corrected chi connectivity index (χ0v) is 12.2. The van der Waals surface area contributed by atoms with Crippen molar-refractivity contribution in [3.8, 4) is 0 Å². The molecule has 21 heavy (non-hydrogen) atoms. The van der Waals surface area contributed by atoms with E-state index >= 15 is 0 Å². The van der Waals surface area contributed by atoms with E-state index in [9.17, 15) is 8.42 Å². The molecule has 2 rings (SSSR count). The largest absolute Gasteiger partial charge is 0.468 e.